The Morgan fingerprint density at radius 3 is 2.45 bits per heavy atom. The molecule has 2 aromatic carbocycles. The number of pyridine rings is 2. The molecule has 0 atom stereocenters. The molecule has 12 heteroatoms. The summed E-state index contributed by atoms with van der Waals surface area (Å²) in [5.74, 6) is -0.391. The van der Waals surface area contributed by atoms with Crippen molar-refractivity contribution in [2.45, 2.75) is 44.6 Å². The Labute approximate surface area is 260 Å². The average molecular weight is 634 g/mol. The fourth-order valence-electron chi connectivity index (χ4n) is 4.64. The number of amides is 2. The minimum atomic E-state index is -4.03. The van der Waals surface area contributed by atoms with Gasteiger partial charge >= 0.3 is 6.09 Å². The van der Waals surface area contributed by atoms with Crippen LogP contribution in [0.15, 0.2) is 78.1 Å². The van der Waals surface area contributed by atoms with E-state index in [0.29, 0.717) is 40.0 Å². The van der Waals surface area contributed by atoms with Crippen LogP contribution in [0.1, 0.15) is 43.1 Å². The molecule has 0 aliphatic rings. The van der Waals surface area contributed by atoms with Gasteiger partial charge in [-0.1, -0.05) is 35.4 Å². The van der Waals surface area contributed by atoms with Gasteiger partial charge in [0.2, 0.25) is 0 Å². The van der Waals surface area contributed by atoms with Crippen molar-refractivity contribution in [3.8, 4) is 11.1 Å². The average Bonchev–Trinajstić information content (AvgIpc) is 3.36. The van der Waals surface area contributed by atoms with Crippen LogP contribution in [-0.2, 0) is 14.8 Å². The Bertz CT molecular complexity index is 1980. The lowest BCUT2D eigenvalue weighted by Gasteiger charge is -2.19. The standard InChI is InChI=1S/C32H32ClN5O5S/c1-20-8-10-24(11-9-20)44(41,42)38-19-26(22-15-21-7-5-12-34-28(21)27(33)17-22)25-16-23(18-37-29(25)38)30(39)35-13-6-14-36-31(40)43-32(2,3)4/h5,7-12,15-19H,6,13-14H2,1-4H3,(H,35,39)(H,36,40). The number of carbonyl (C=O) groups excluding carboxylic acids is 2. The fraction of sp³-hybridized carbons (Fsp3) is 0.250. The number of nitrogens with zero attached hydrogens (tertiary/aromatic N) is 3. The van der Waals surface area contributed by atoms with Gasteiger partial charge < -0.3 is 15.4 Å². The van der Waals surface area contributed by atoms with E-state index in [-0.39, 0.29) is 22.7 Å². The number of ether oxygens (including phenoxy) is 1. The maximum atomic E-state index is 13.8. The van der Waals surface area contributed by atoms with Gasteiger partial charge in [-0.05, 0) is 76.1 Å². The van der Waals surface area contributed by atoms with Gasteiger partial charge in [0.15, 0.2) is 5.65 Å². The van der Waals surface area contributed by atoms with E-state index in [0.717, 1.165) is 14.9 Å². The molecule has 0 aliphatic carbocycles. The third-order valence-corrected chi connectivity index (χ3v) is 8.68. The molecule has 44 heavy (non-hydrogen) atoms. The predicted octanol–water partition coefficient (Wildman–Crippen LogP) is 6.09. The van der Waals surface area contributed by atoms with Gasteiger partial charge in [0, 0.05) is 48.0 Å². The van der Waals surface area contributed by atoms with Crippen LogP contribution in [0.5, 0.6) is 0 Å². The highest BCUT2D eigenvalue weighted by molar-refractivity contribution is 7.90. The summed E-state index contributed by atoms with van der Waals surface area (Å²) in [7, 11) is -4.03. The van der Waals surface area contributed by atoms with Gasteiger partial charge in [-0.3, -0.25) is 9.78 Å². The highest BCUT2D eigenvalue weighted by Gasteiger charge is 2.24. The Morgan fingerprint density at radius 1 is 1.00 bits per heavy atom. The molecule has 5 rings (SSSR count). The number of hydrogen-bond donors (Lipinski definition) is 2. The molecule has 0 bridgehead atoms. The predicted molar refractivity (Wildman–Crippen MR) is 170 cm³/mol. The van der Waals surface area contributed by atoms with Crippen LogP contribution in [-0.4, -0.2) is 53.0 Å². The van der Waals surface area contributed by atoms with Crippen LogP contribution in [0.3, 0.4) is 0 Å². The third-order valence-electron chi connectivity index (χ3n) is 6.73. The number of aryl methyl sites for hydroxylation is 1. The molecule has 2 amide bonds. The molecule has 0 spiro atoms. The van der Waals surface area contributed by atoms with E-state index in [1.807, 2.05) is 19.1 Å². The maximum absolute atomic E-state index is 13.8. The second-order valence-corrected chi connectivity index (χ2v) is 13.5. The lowest BCUT2D eigenvalue weighted by atomic mass is 10.0. The van der Waals surface area contributed by atoms with Crippen molar-refractivity contribution in [3.63, 3.8) is 0 Å². The first-order valence-corrected chi connectivity index (χ1v) is 15.8. The Morgan fingerprint density at radius 2 is 1.73 bits per heavy atom. The number of halogens is 1. The van der Waals surface area contributed by atoms with Gasteiger partial charge in [0.05, 0.1) is 21.0 Å². The van der Waals surface area contributed by atoms with Crippen LogP contribution >= 0.6 is 11.6 Å². The van der Waals surface area contributed by atoms with Crippen LogP contribution in [0.2, 0.25) is 5.02 Å². The summed E-state index contributed by atoms with van der Waals surface area (Å²) in [6.45, 7) is 7.82. The Hall–Kier alpha value is -4.48. The second kappa shape index (κ2) is 12.3. The lowest BCUT2D eigenvalue weighted by Crippen LogP contribution is -2.34. The van der Waals surface area contributed by atoms with Gasteiger partial charge in [-0.2, -0.15) is 0 Å². The highest BCUT2D eigenvalue weighted by atomic mass is 35.5. The SMILES string of the molecule is Cc1ccc(S(=O)(=O)n2cc(-c3cc(Cl)c4ncccc4c3)c3cc(C(=O)NCCCNC(=O)OC(C)(C)C)cnc32)cc1. The third kappa shape index (κ3) is 6.68. The molecule has 10 nitrogen and oxygen atoms in total. The number of carbonyl (C=O) groups is 2. The summed E-state index contributed by atoms with van der Waals surface area (Å²) in [4.78, 5) is 33.8. The number of hydrogen-bond acceptors (Lipinski definition) is 7. The summed E-state index contributed by atoms with van der Waals surface area (Å²) < 4.78 is 33.9. The summed E-state index contributed by atoms with van der Waals surface area (Å²) in [5.41, 5.74) is 2.54. The first-order chi connectivity index (χ1) is 20.8. The summed E-state index contributed by atoms with van der Waals surface area (Å²) in [6.07, 6.45) is 4.45. The zero-order chi connectivity index (χ0) is 31.6. The van der Waals surface area contributed by atoms with Crippen molar-refractivity contribution in [1.29, 1.82) is 0 Å². The van der Waals surface area contributed by atoms with Crippen molar-refractivity contribution in [2.75, 3.05) is 13.1 Å². The van der Waals surface area contributed by atoms with Crippen LogP contribution < -0.4 is 10.6 Å². The first kappa shape index (κ1) is 31.0. The number of rotatable bonds is 8. The summed E-state index contributed by atoms with van der Waals surface area (Å²) in [6, 6.07) is 15.4. The van der Waals surface area contributed by atoms with Crippen LogP contribution in [0.25, 0.3) is 33.1 Å². The second-order valence-electron chi connectivity index (χ2n) is 11.3. The molecule has 3 aromatic heterocycles. The van der Waals surface area contributed by atoms with E-state index in [9.17, 15) is 18.0 Å². The molecule has 0 radical (unpaired) electrons. The molecule has 2 N–H and O–H groups in total. The zero-order valence-corrected chi connectivity index (χ0v) is 26.3. The molecular formula is C32H32ClN5O5S. The van der Waals surface area contributed by atoms with Crippen LogP contribution in [0, 0.1) is 6.92 Å². The largest absolute Gasteiger partial charge is 0.444 e. The number of fused-ring (bicyclic) bond motifs is 2. The van der Waals surface area contributed by atoms with Gasteiger partial charge in [-0.25, -0.2) is 22.2 Å². The topological polar surface area (TPSA) is 132 Å². The molecule has 228 valence electrons. The fourth-order valence-corrected chi connectivity index (χ4v) is 6.24. The van der Waals surface area contributed by atoms with E-state index >= 15 is 0 Å². The monoisotopic (exact) mass is 633 g/mol. The normalized spacial score (nSPS) is 11.9. The van der Waals surface area contributed by atoms with Gasteiger partial charge in [0.1, 0.15) is 5.60 Å². The number of nitrogens with one attached hydrogen (secondary N) is 2. The van der Waals surface area contributed by atoms with Crippen molar-refractivity contribution in [1.82, 2.24) is 24.6 Å². The molecular weight excluding hydrogens is 602 g/mol. The lowest BCUT2D eigenvalue weighted by molar-refractivity contribution is 0.0527. The maximum Gasteiger partial charge on any atom is 0.407 e. The van der Waals surface area contributed by atoms with Gasteiger partial charge in [0.25, 0.3) is 15.9 Å². The first-order valence-electron chi connectivity index (χ1n) is 14.0. The molecule has 3 heterocycles. The van der Waals surface area contributed by atoms with Crippen molar-refractivity contribution in [3.05, 3.63) is 89.3 Å². The highest BCUT2D eigenvalue weighted by Crippen LogP contribution is 2.36. The summed E-state index contributed by atoms with van der Waals surface area (Å²) in [5, 5.41) is 7.11. The van der Waals surface area contributed by atoms with Crippen molar-refractivity contribution in [2.24, 2.45) is 0 Å². The van der Waals surface area contributed by atoms with Crippen molar-refractivity contribution >= 4 is 55.6 Å². The van der Waals surface area contributed by atoms with Crippen LogP contribution in [0.4, 0.5) is 4.79 Å². The van der Waals surface area contributed by atoms with E-state index < -0.39 is 27.6 Å². The number of alkyl carbamates (subject to hydrolysis) is 1. The number of benzene rings is 2. The summed E-state index contributed by atoms with van der Waals surface area (Å²) >= 11 is 6.58. The zero-order valence-electron chi connectivity index (χ0n) is 24.7. The minimum Gasteiger partial charge on any atom is -0.444 e. The quantitative estimate of drug-likeness (QED) is 0.197. The van der Waals surface area contributed by atoms with E-state index in [2.05, 4.69) is 20.6 Å². The van der Waals surface area contributed by atoms with E-state index in [1.165, 1.54) is 12.4 Å². The molecule has 0 unspecified atom stereocenters. The Balaban J connectivity index is 1.48. The molecule has 0 fully saturated rings. The van der Waals surface area contributed by atoms with E-state index in [1.54, 1.807) is 69.4 Å². The van der Waals surface area contributed by atoms with Gasteiger partial charge in [-0.15, -0.1) is 0 Å². The smallest absolute Gasteiger partial charge is 0.407 e. The Kier molecular flexibility index (Phi) is 8.62. The molecule has 0 aliphatic heterocycles. The minimum absolute atomic E-state index is 0.107. The molecule has 5 aromatic rings. The molecule has 0 saturated carbocycles. The van der Waals surface area contributed by atoms with E-state index in [4.69, 9.17) is 16.3 Å². The van der Waals surface area contributed by atoms with Crippen molar-refractivity contribution < 1.29 is 22.7 Å². The number of aromatic nitrogens is 3. The molecule has 0 saturated heterocycles.